The SMILES string of the molecule is O=C1NCC2c3cc(S(=O)(=O)Cl)ccc3Oc3cccc1c32. The fraction of sp³-hybridized carbons (Fsp3) is 0.133. The van der Waals surface area contributed by atoms with Gasteiger partial charge < -0.3 is 10.1 Å². The van der Waals surface area contributed by atoms with E-state index in [-0.39, 0.29) is 16.7 Å². The summed E-state index contributed by atoms with van der Waals surface area (Å²) < 4.78 is 28.9. The molecule has 0 spiro atoms. The predicted octanol–water partition coefficient (Wildman–Crippen LogP) is 2.60. The first kappa shape index (κ1) is 13.6. The average Bonchev–Trinajstić information content (AvgIpc) is 2.48. The largest absolute Gasteiger partial charge is 0.457 e. The van der Waals surface area contributed by atoms with Crippen LogP contribution >= 0.6 is 10.7 Å². The minimum absolute atomic E-state index is 0.0225. The number of carbonyl (C=O) groups is 1. The van der Waals surface area contributed by atoms with Crippen molar-refractivity contribution in [1.82, 2.24) is 5.32 Å². The highest BCUT2D eigenvalue weighted by molar-refractivity contribution is 8.13. The topological polar surface area (TPSA) is 72.5 Å². The third-order valence-electron chi connectivity index (χ3n) is 3.98. The molecule has 2 aromatic rings. The third kappa shape index (κ3) is 1.91. The van der Waals surface area contributed by atoms with E-state index >= 15 is 0 Å². The highest BCUT2D eigenvalue weighted by Crippen LogP contribution is 2.47. The fourth-order valence-electron chi connectivity index (χ4n) is 3.01. The van der Waals surface area contributed by atoms with Crippen LogP contribution in [0.1, 0.15) is 27.4 Å². The van der Waals surface area contributed by atoms with E-state index in [0.29, 0.717) is 29.2 Å². The molecule has 2 aromatic carbocycles. The van der Waals surface area contributed by atoms with Crippen LogP contribution in [-0.2, 0) is 9.05 Å². The summed E-state index contributed by atoms with van der Waals surface area (Å²) in [7, 11) is 1.60. The Morgan fingerprint density at radius 1 is 1.18 bits per heavy atom. The summed E-state index contributed by atoms with van der Waals surface area (Å²) in [5.41, 5.74) is 2.06. The number of amides is 1. The van der Waals surface area contributed by atoms with Crippen LogP contribution in [-0.4, -0.2) is 20.9 Å². The number of halogens is 1. The second-order valence-electron chi connectivity index (χ2n) is 5.22. The van der Waals surface area contributed by atoms with Crippen molar-refractivity contribution in [3.05, 3.63) is 53.1 Å². The first-order valence-electron chi connectivity index (χ1n) is 6.63. The van der Waals surface area contributed by atoms with Gasteiger partial charge in [0.25, 0.3) is 15.0 Å². The molecule has 1 atom stereocenters. The van der Waals surface area contributed by atoms with Crippen molar-refractivity contribution in [1.29, 1.82) is 0 Å². The molecular weight excluding hydrogens is 326 g/mol. The highest BCUT2D eigenvalue weighted by atomic mass is 35.7. The van der Waals surface area contributed by atoms with Crippen LogP contribution in [0.4, 0.5) is 0 Å². The van der Waals surface area contributed by atoms with Crippen LogP contribution in [0, 0.1) is 0 Å². The van der Waals surface area contributed by atoms with Gasteiger partial charge in [-0.25, -0.2) is 8.42 Å². The zero-order chi connectivity index (χ0) is 15.5. The number of hydrogen-bond donors (Lipinski definition) is 1. The van der Waals surface area contributed by atoms with Gasteiger partial charge in [0.2, 0.25) is 0 Å². The monoisotopic (exact) mass is 335 g/mol. The van der Waals surface area contributed by atoms with Crippen molar-refractivity contribution >= 4 is 25.6 Å². The van der Waals surface area contributed by atoms with E-state index in [1.165, 1.54) is 12.1 Å². The minimum atomic E-state index is -3.82. The molecule has 0 bridgehead atoms. The third-order valence-corrected chi connectivity index (χ3v) is 5.34. The Hall–Kier alpha value is -2.05. The van der Waals surface area contributed by atoms with E-state index < -0.39 is 9.05 Å². The zero-order valence-corrected chi connectivity index (χ0v) is 12.7. The van der Waals surface area contributed by atoms with Crippen LogP contribution in [0.25, 0.3) is 0 Å². The zero-order valence-electron chi connectivity index (χ0n) is 11.2. The molecular formula is C15H10ClNO4S. The molecule has 0 saturated heterocycles. The number of carbonyl (C=O) groups excluding carboxylic acids is 1. The van der Waals surface area contributed by atoms with Crippen LogP contribution in [0.2, 0.25) is 0 Å². The average molecular weight is 336 g/mol. The van der Waals surface area contributed by atoms with E-state index in [9.17, 15) is 13.2 Å². The molecule has 0 radical (unpaired) electrons. The van der Waals surface area contributed by atoms with Gasteiger partial charge in [-0.15, -0.1) is 0 Å². The fourth-order valence-corrected chi connectivity index (χ4v) is 3.80. The first-order valence-corrected chi connectivity index (χ1v) is 8.93. The number of benzene rings is 2. The lowest BCUT2D eigenvalue weighted by molar-refractivity contribution is 0.0941. The molecule has 2 heterocycles. The summed E-state index contributed by atoms with van der Waals surface area (Å²) >= 11 is 0. The number of nitrogens with one attached hydrogen (secondary N) is 1. The molecule has 0 aromatic heterocycles. The van der Waals surface area contributed by atoms with E-state index in [2.05, 4.69) is 5.32 Å². The van der Waals surface area contributed by atoms with Gasteiger partial charge in [0.1, 0.15) is 11.5 Å². The summed E-state index contributed by atoms with van der Waals surface area (Å²) in [5.74, 6) is 0.911. The maximum Gasteiger partial charge on any atom is 0.261 e. The molecule has 0 fully saturated rings. The van der Waals surface area contributed by atoms with Crippen LogP contribution in [0.15, 0.2) is 41.3 Å². The first-order chi connectivity index (χ1) is 10.4. The Morgan fingerprint density at radius 3 is 2.77 bits per heavy atom. The molecule has 2 aliphatic heterocycles. The normalized spacial score (nSPS) is 18.8. The molecule has 2 aliphatic rings. The van der Waals surface area contributed by atoms with Crippen molar-refractivity contribution in [3.8, 4) is 11.5 Å². The van der Waals surface area contributed by atoms with E-state index in [0.717, 1.165) is 5.56 Å². The van der Waals surface area contributed by atoms with Crippen LogP contribution in [0.5, 0.6) is 11.5 Å². The summed E-state index contributed by atoms with van der Waals surface area (Å²) in [6.45, 7) is 0.394. The summed E-state index contributed by atoms with van der Waals surface area (Å²) in [4.78, 5) is 12.0. The molecule has 22 heavy (non-hydrogen) atoms. The Morgan fingerprint density at radius 2 is 2.00 bits per heavy atom. The Kier molecular flexibility index (Phi) is 2.76. The standard InChI is InChI=1S/C15H10ClNO4S/c16-22(19,20)8-4-5-12-10(6-8)11-7-17-15(18)9-2-1-3-13(21-12)14(9)11/h1-6,11H,7H2,(H,17,18). The van der Waals surface area contributed by atoms with Crippen molar-refractivity contribution in [2.75, 3.05) is 6.54 Å². The van der Waals surface area contributed by atoms with Crippen LogP contribution in [0.3, 0.4) is 0 Å². The van der Waals surface area contributed by atoms with Gasteiger partial charge in [-0.1, -0.05) is 6.07 Å². The lowest BCUT2D eigenvalue weighted by Gasteiger charge is -2.33. The van der Waals surface area contributed by atoms with Crippen molar-refractivity contribution in [2.45, 2.75) is 10.8 Å². The Bertz CT molecular complexity index is 923. The smallest absolute Gasteiger partial charge is 0.261 e. The van der Waals surface area contributed by atoms with Gasteiger partial charge in [0.05, 0.1) is 4.90 Å². The highest BCUT2D eigenvalue weighted by Gasteiger charge is 2.35. The quantitative estimate of drug-likeness (QED) is 0.813. The lowest BCUT2D eigenvalue weighted by atomic mass is 9.82. The Balaban J connectivity index is 1.95. The van der Waals surface area contributed by atoms with Crippen molar-refractivity contribution in [3.63, 3.8) is 0 Å². The summed E-state index contributed by atoms with van der Waals surface area (Å²) in [5, 5.41) is 2.82. The molecule has 0 saturated carbocycles. The Labute approximate surface area is 131 Å². The molecule has 1 N–H and O–H groups in total. The maximum absolute atomic E-state index is 12.0. The molecule has 4 rings (SSSR count). The molecule has 5 nitrogen and oxygen atoms in total. The van der Waals surface area contributed by atoms with Crippen molar-refractivity contribution < 1.29 is 17.9 Å². The molecule has 0 aliphatic carbocycles. The van der Waals surface area contributed by atoms with Gasteiger partial charge in [0, 0.05) is 39.8 Å². The van der Waals surface area contributed by atoms with E-state index in [4.69, 9.17) is 15.4 Å². The van der Waals surface area contributed by atoms with E-state index in [1.807, 2.05) is 0 Å². The predicted molar refractivity (Wildman–Crippen MR) is 80.2 cm³/mol. The summed E-state index contributed by atoms with van der Waals surface area (Å²) in [6, 6.07) is 9.82. The van der Waals surface area contributed by atoms with Gasteiger partial charge in [-0.2, -0.15) is 0 Å². The van der Waals surface area contributed by atoms with Gasteiger partial charge in [-0.05, 0) is 30.3 Å². The van der Waals surface area contributed by atoms with E-state index in [1.54, 1.807) is 24.3 Å². The molecule has 7 heteroatoms. The molecule has 112 valence electrons. The van der Waals surface area contributed by atoms with Gasteiger partial charge in [0.15, 0.2) is 0 Å². The number of ether oxygens (including phenoxy) is 1. The van der Waals surface area contributed by atoms with Gasteiger partial charge >= 0.3 is 0 Å². The lowest BCUT2D eigenvalue weighted by Crippen LogP contribution is -2.36. The molecule has 1 amide bonds. The second kappa shape index (κ2) is 4.47. The maximum atomic E-state index is 12.0. The summed E-state index contributed by atoms with van der Waals surface area (Å²) in [6.07, 6.45) is 0. The minimum Gasteiger partial charge on any atom is -0.457 e. The second-order valence-corrected chi connectivity index (χ2v) is 7.79. The number of fused-ring (bicyclic) bond motifs is 2. The number of hydrogen-bond acceptors (Lipinski definition) is 4. The van der Waals surface area contributed by atoms with Crippen molar-refractivity contribution in [2.24, 2.45) is 0 Å². The van der Waals surface area contributed by atoms with Gasteiger partial charge in [-0.3, -0.25) is 4.79 Å². The number of rotatable bonds is 1. The molecule has 1 unspecified atom stereocenters. The van der Waals surface area contributed by atoms with Crippen LogP contribution < -0.4 is 10.1 Å².